The molecule has 1 aromatic heterocycles. The number of carbonyl (C=O) groups excluding carboxylic acids is 1. The van der Waals surface area contributed by atoms with Crippen LogP contribution in [0.1, 0.15) is 21.5 Å². The summed E-state index contributed by atoms with van der Waals surface area (Å²) in [7, 11) is -3.14. The number of benzene rings is 2. The lowest BCUT2D eigenvalue weighted by atomic mass is 10.1. The molecule has 2 aromatic carbocycles. The van der Waals surface area contributed by atoms with E-state index >= 15 is 0 Å². The second-order valence-corrected chi connectivity index (χ2v) is 8.66. The largest absolute Gasteiger partial charge is 0.457 e. The topological polar surface area (TPSA) is 60.4 Å². The quantitative estimate of drug-likeness (QED) is 0.649. The van der Waals surface area contributed by atoms with Crippen LogP contribution in [0.4, 0.5) is 0 Å². The maximum absolute atomic E-state index is 12.2. The van der Waals surface area contributed by atoms with Crippen LogP contribution in [0.15, 0.2) is 53.9 Å². The Labute approximate surface area is 144 Å². The Hall–Kier alpha value is -2.18. The first-order chi connectivity index (χ1) is 11.4. The Morgan fingerprint density at radius 3 is 2.71 bits per heavy atom. The lowest BCUT2D eigenvalue weighted by Gasteiger charge is -2.06. The van der Waals surface area contributed by atoms with E-state index in [2.05, 4.69) is 0 Å². The number of hydrogen-bond donors (Lipinski definition) is 0. The third-order valence-electron chi connectivity index (χ3n) is 3.51. The summed E-state index contributed by atoms with van der Waals surface area (Å²) in [5.74, 6) is -0.552. The molecular formula is C18H16O4S2. The number of ether oxygens (including phenoxy) is 1. The molecule has 0 aliphatic heterocycles. The molecule has 0 amide bonds. The van der Waals surface area contributed by atoms with E-state index in [0.29, 0.717) is 11.1 Å². The summed E-state index contributed by atoms with van der Waals surface area (Å²) in [5.41, 5.74) is 1.90. The first-order valence-corrected chi connectivity index (χ1v) is 10.3. The Balaban J connectivity index is 1.72. The highest BCUT2D eigenvalue weighted by molar-refractivity contribution is 7.89. The molecule has 0 bridgehead atoms. The summed E-state index contributed by atoms with van der Waals surface area (Å²) < 4.78 is 29.3. The van der Waals surface area contributed by atoms with Gasteiger partial charge in [0.15, 0.2) is 9.84 Å². The van der Waals surface area contributed by atoms with E-state index in [0.717, 1.165) is 15.6 Å². The zero-order valence-electron chi connectivity index (χ0n) is 13.1. The van der Waals surface area contributed by atoms with Crippen molar-refractivity contribution in [2.24, 2.45) is 0 Å². The van der Waals surface area contributed by atoms with Gasteiger partial charge in [0.25, 0.3) is 0 Å². The molecule has 4 nitrogen and oxygen atoms in total. The van der Waals surface area contributed by atoms with Gasteiger partial charge in [0.2, 0.25) is 0 Å². The average Bonchev–Trinajstić information content (AvgIpc) is 2.94. The normalized spacial score (nSPS) is 11.5. The minimum Gasteiger partial charge on any atom is -0.457 e. The van der Waals surface area contributed by atoms with Gasteiger partial charge in [0.1, 0.15) is 6.61 Å². The molecule has 0 radical (unpaired) electrons. The first kappa shape index (κ1) is 16.7. The highest BCUT2D eigenvalue weighted by Crippen LogP contribution is 2.26. The number of carbonyl (C=O) groups is 1. The lowest BCUT2D eigenvalue weighted by molar-refractivity contribution is 0.0474. The lowest BCUT2D eigenvalue weighted by Crippen LogP contribution is -2.07. The summed E-state index contributed by atoms with van der Waals surface area (Å²) in [6.45, 7) is 0.194. The van der Waals surface area contributed by atoms with E-state index < -0.39 is 15.8 Å². The van der Waals surface area contributed by atoms with Crippen molar-refractivity contribution < 1.29 is 17.9 Å². The van der Waals surface area contributed by atoms with Crippen molar-refractivity contribution in [2.45, 2.75) is 12.4 Å². The smallest absolute Gasteiger partial charge is 0.338 e. The summed E-state index contributed by atoms with van der Waals surface area (Å²) in [5, 5.41) is 3.07. The number of thiophene rings is 1. The predicted octanol–water partition coefficient (Wildman–Crippen LogP) is 3.80. The fourth-order valence-corrected chi connectivity index (χ4v) is 4.19. The van der Waals surface area contributed by atoms with Crippen LogP contribution >= 0.6 is 11.3 Å². The first-order valence-electron chi connectivity index (χ1n) is 7.31. The van der Waals surface area contributed by atoms with Crippen LogP contribution < -0.4 is 0 Å². The standard InChI is InChI=1S/C18H16O4S2/c1-24(20,21)12-13-5-4-6-14(9-13)18(19)22-10-15-11-23-17-8-3-2-7-16(15)17/h2-9,11H,10,12H2,1H3. The van der Waals surface area contributed by atoms with Crippen molar-refractivity contribution in [3.63, 3.8) is 0 Å². The van der Waals surface area contributed by atoms with Crippen molar-refractivity contribution in [1.29, 1.82) is 0 Å². The van der Waals surface area contributed by atoms with E-state index in [9.17, 15) is 13.2 Å². The molecule has 0 unspecified atom stereocenters. The van der Waals surface area contributed by atoms with Crippen LogP contribution in [0.3, 0.4) is 0 Å². The van der Waals surface area contributed by atoms with Gasteiger partial charge in [-0.3, -0.25) is 0 Å². The molecule has 3 aromatic rings. The molecule has 0 aliphatic rings. The Kier molecular flexibility index (Phi) is 4.69. The Bertz CT molecular complexity index is 987. The molecule has 0 spiro atoms. The van der Waals surface area contributed by atoms with Gasteiger partial charge in [-0.25, -0.2) is 13.2 Å². The monoisotopic (exact) mass is 360 g/mol. The SMILES string of the molecule is CS(=O)(=O)Cc1cccc(C(=O)OCc2csc3ccccc23)c1. The fraction of sp³-hybridized carbons (Fsp3) is 0.167. The second-order valence-electron chi connectivity index (χ2n) is 5.60. The number of hydrogen-bond acceptors (Lipinski definition) is 5. The second kappa shape index (κ2) is 6.75. The van der Waals surface area contributed by atoms with Crippen LogP contribution in [0, 0.1) is 0 Å². The molecule has 0 fully saturated rings. The third kappa shape index (κ3) is 4.01. The number of sulfone groups is 1. The van der Waals surface area contributed by atoms with Gasteiger partial charge in [-0.2, -0.15) is 0 Å². The van der Waals surface area contributed by atoms with Crippen molar-refractivity contribution in [1.82, 2.24) is 0 Å². The van der Waals surface area contributed by atoms with Crippen LogP contribution in [0.5, 0.6) is 0 Å². The molecule has 0 saturated heterocycles. The van der Waals surface area contributed by atoms with E-state index in [1.807, 2.05) is 29.6 Å². The predicted molar refractivity (Wildman–Crippen MR) is 95.9 cm³/mol. The summed E-state index contributed by atoms with van der Waals surface area (Å²) in [4.78, 5) is 12.2. The zero-order valence-corrected chi connectivity index (χ0v) is 14.7. The molecule has 3 rings (SSSR count). The fourth-order valence-electron chi connectivity index (χ4n) is 2.46. The Morgan fingerprint density at radius 1 is 1.12 bits per heavy atom. The highest BCUT2D eigenvalue weighted by Gasteiger charge is 2.12. The van der Waals surface area contributed by atoms with Crippen molar-refractivity contribution in [3.05, 3.63) is 70.6 Å². The molecule has 24 heavy (non-hydrogen) atoms. The summed E-state index contributed by atoms with van der Waals surface area (Å²) in [6, 6.07) is 14.5. The van der Waals surface area contributed by atoms with Gasteiger partial charge in [0, 0.05) is 16.5 Å². The van der Waals surface area contributed by atoms with Gasteiger partial charge in [0.05, 0.1) is 11.3 Å². The summed E-state index contributed by atoms with van der Waals surface area (Å²) >= 11 is 1.61. The van der Waals surface area contributed by atoms with Gasteiger partial charge in [-0.05, 0) is 34.5 Å². The molecule has 0 aliphatic carbocycles. The number of esters is 1. The van der Waals surface area contributed by atoms with Gasteiger partial charge in [-0.15, -0.1) is 11.3 Å². The molecule has 1 heterocycles. The third-order valence-corrected chi connectivity index (χ3v) is 5.38. The van der Waals surface area contributed by atoms with Crippen LogP contribution in [-0.2, 0) is 26.9 Å². The van der Waals surface area contributed by atoms with Gasteiger partial charge >= 0.3 is 5.97 Å². The Morgan fingerprint density at radius 2 is 1.92 bits per heavy atom. The van der Waals surface area contributed by atoms with Gasteiger partial charge in [-0.1, -0.05) is 30.3 Å². The van der Waals surface area contributed by atoms with E-state index in [1.54, 1.807) is 35.6 Å². The van der Waals surface area contributed by atoms with Gasteiger partial charge < -0.3 is 4.74 Å². The summed E-state index contributed by atoms with van der Waals surface area (Å²) in [6.07, 6.45) is 1.17. The molecule has 0 atom stereocenters. The molecule has 6 heteroatoms. The highest BCUT2D eigenvalue weighted by atomic mass is 32.2. The minimum atomic E-state index is -3.14. The van der Waals surface area contributed by atoms with E-state index in [4.69, 9.17) is 4.74 Å². The molecule has 124 valence electrons. The van der Waals surface area contributed by atoms with Crippen molar-refractivity contribution >= 4 is 37.2 Å². The number of rotatable bonds is 5. The van der Waals surface area contributed by atoms with Crippen LogP contribution in [0.25, 0.3) is 10.1 Å². The molecule has 0 N–H and O–H groups in total. The maximum Gasteiger partial charge on any atom is 0.338 e. The average molecular weight is 360 g/mol. The van der Waals surface area contributed by atoms with Crippen LogP contribution in [0.2, 0.25) is 0 Å². The minimum absolute atomic E-state index is 0.0940. The van der Waals surface area contributed by atoms with Crippen molar-refractivity contribution in [2.75, 3.05) is 6.26 Å². The zero-order chi connectivity index (χ0) is 17.2. The van der Waals surface area contributed by atoms with E-state index in [1.165, 1.54) is 6.26 Å². The number of fused-ring (bicyclic) bond motifs is 1. The molecular weight excluding hydrogens is 344 g/mol. The van der Waals surface area contributed by atoms with Crippen molar-refractivity contribution in [3.8, 4) is 0 Å². The van der Waals surface area contributed by atoms with E-state index in [-0.39, 0.29) is 12.4 Å². The molecule has 0 saturated carbocycles. The maximum atomic E-state index is 12.2. The van der Waals surface area contributed by atoms with Crippen LogP contribution in [-0.4, -0.2) is 20.6 Å².